The van der Waals surface area contributed by atoms with Crippen molar-refractivity contribution < 1.29 is 9.53 Å². The molecule has 0 radical (unpaired) electrons. The van der Waals surface area contributed by atoms with E-state index in [4.69, 9.17) is 4.74 Å². The van der Waals surface area contributed by atoms with Crippen LogP contribution < -0.4 is 10.5 Å². The molecule has 1 amide bonds. The van der Waals surface area contributed by atoms with Crippen LogP contribution in [0.1, 0.15) is 33.9 Å². The van der Waals surface area contributed by atoms with Gasteiger partial charge in [0.2, 0.25) is 11.9 Å². The highest BCUT2D eigenvalue weighted by atomic mass is 32.1. The second-order valence-corrected chi connectivity index (χ2v) is 9.15. The number of nitrogens with zero attached hydrogens (tertiary/aromatic N) is 5. The molecule has 1 N–H and O–H groups in total. The van der Waals surface area contributed by atoms with E-state index in [0.717, 1.165) is 16.3 Å². The number of nitrogens with one attached hydrogen (secondary N) is 1. The van der Waals surface area contributed by atoms with Gasteiger partial charge in [0.05, 0.1) is 31.1 Å². The molecule has 0 atom stereocenters. The van der Waals surface area contributed by atoms with Gasteiger partial charge in [-0.25, -0.2) is 9.97 Å². The monoisotopic (exact) mass is 444 g/mol. The molecule has 3 aromatic heterocycles. The third-order valence-corrected chi connectivity index (χ3v) is 6.56. The summed E-state index contributed by atoms with van der Waals surface area (Å²) in [7, 11) is 1.79. The summed E-state index contributed by atoms with van der Waals surface area (Å²) < 4.78 is 7.41. The van der Waals surface area contributed by atoms with E-state index in [9.17, 15) is 9.59 Å². The molecule has 1 saturated heterocycles. The molecule has 1 fully saturated rings. The molecule has 4 heterocycles. The van der Waals surface area contributed by atoms with Crippen LogP contribution in [0, 0.1) is 20.8 Å². The SMILES string of the molecule is Cc1cn2c(CN(C)C(=O)CCc3c(C)nc(N4CCOCC4)[nH]c3=O)c(C)nc2s1. The Balaban J connectivity index is 1.42. The molecule has 0 aromatic carbocycles. The van der Waals surface area contributed by atoms with Crippen LogP contribution in [0.4, 0.5) is 5.95 Å². The lowest BCUT2D eigenvalue weighted by Gasteiger charge is -2.27. The molecule has 1 aliphatic heterocycles. The van der Waals surface area contributed by atoms with Crippen LogP contribution in [0.2, 0.25) is 0 Å². The molecule has 9 nitrogen and oxygen atoms in total. The first-order valence-electron chi connectivity index (χ1n) is 10.4. The maximum absolute atomic E-state index is 12.8. The maximum Gasteiger partial charge on any atom is 0.255 e. The zero-order chi connectivity index (χ0) is 22.1. The Morgan fingerprint density at radius 3 is 2.68 bits per heavy atom. The third-order valence-electron chi connectivity index (χ3n) is 5.66. The summed E-state index contributed by atoms with van der Waals surface area (Å²) in [5, 5.41) is 0. The molecule has 31 heavy (non-hydrogen) atoms. The van der Waals surface area contributed by atoms with Crippen molar-refractivity contribution in [3.8, 4) is 0 Å². The topological polar surface area (TPSA) is 95.8 Å². The maximum atomic E-state index is 12.8. The van der Waals surface area contributed by atoms with E-state index in [1.807, 2.05) is 25.7 Å². The second kappa shape index (κ2) is 8.80. The average molecular weight is 445 g/mol. The minimum absolute atomic E-state index is 0.0163. The van der Waals surface area contributed by atoms with E-state index in [2.05, 4.69) is 25.5 Å². The fraction of sp³-hybridized carbons (Fsp3) is 0.524. The van der Waals surface area contributed by atoms with Crippen LogP contribution in [-0.4, -0.2) is 63.5 Å². The van der Waals surface area contributed by atoms with Gasteiger partial charge in [-0.3, -0.25) is 19.0 Å². The van der Waals surface area contributed by atoms with Crippen LogP contribution in [0.5, 0.6) is 0 Å². The molecule has 0 spiro atoms. The number of rotatable bonds is 6. The summed E-state index contributed by atoms with van der Waals surface area (Å²) >= 11 is 1.64. The Kier molecular flexibility index (Phi) is 6.10. The lowest BCUT2D eigenvalue weighted by molar-refractivity contribution is -0.130. The van der Waals surface area contributed by atoms with E-state index in [1.54, 1.807) is 23.3 Å². The van der Waals surface area contributed by atoms with Gasteiger partial charge in [-0.2, -0.15) is 0 Å². The van der Waals surface area contributed by atoms with Gasteiger partial charge in [0.15, 0.2) is 4.96 Å². The zero-order valence-electron chi connectivity index (χ0n) is 18.4. The van der Waals surface area contributed by atoms with E-state index in [0.29, 0.717) is 56.5 Å². The van der Waals surface area contributed by atoms with Crippen molar-refractivity contribution in [1.29, 1.82) is 0 Å². The number of hydrogen-bond acceptors (Lipinski definition) is 7. The number of carbonyl (C=O) groups excluding carboxylic acids is 1. The van der Waals surface area contributed by atoms with Gasteiger partial charge in [0.25, 0.3) is 5.56 Å². The van der Waals surface area contributed by atoms with Gasteiger partial charge >= 0.3 is 0 Å². The van der Waals surface area contributed by atoms with Crippen LogP contribution in [-0.2, 0) is 22.5 Å². The molecule has 0 saturated carbocycles. The molecule has 0 aliphatic carbocycles. The molecule has 0 unspecified atom stereocenters. The Bertz CT molecular complexity index is 1160. The van der Waals surface area contributed by atoms with Crippen molar-refractivity contribution >= 4 is 28.2 Å². The minimum atomic E-state index is -0.175. The molecule has 4 rings (SSSR count). The standard InChI is InChI=1S/C21H28N6O3S/c1-13-11-27-17(15(3)23-21(27)31-13)12-25(4)18(28)6-5-16-14(2)22-20(24-19(16)29)26-7-9-30-10-8-26/h11H,5-10,12H2,1-4H3,(H,22,24,29). The smallest absolute Gasteiger partial charge is 0.255 e. The van der Waals surface area contributed by atoms with Crippen LogP contribution in [0.15, 0.2) is 11.0 Å². The van der Waals surface area contributed by atoms with E-state index >= 15 is 0 Å². The number of aryl methyl sites for hydroxylation is 3. The highest BCUT2D eigenvalue weighted by molar-refractivity contribution is 7.17. The number of fused-ring (bicyclic) bond motifs is 1. The number of amides is 1. The number of anilines is 1. The Labute approximate surface area is 184 Å². The number of ether oxygens (including phenoxy) is 1. The normalized spacial score (nSPS) is 14.4. The minimum Gasteiger partial charge on any atom is -0.378 e. The van der Waals surface area contributed by atoms with Crippen molar-refractivity contribution in [2.75, 3.05) is 38.3 Å². The number of hydrogen-bond donors (Lipinski definition) is 1. The highest BCUT2D eigenvalue weighted by Crippen LogP contribution is 2.22. The number of H-pyrrole nitrogens is 1. The number of aromatic nitrogens is 4. The first-order valence-corrected chi connectivity index (χ1v) is 11.3. The Morgan fingerprint density at radius 2 is 1.97 bits per heavy atom. The quantitative estimate of drug-likeness (QED) is 0.623. The van der Waals surface area contributed by atoms with E-state index in [-0.39, 0.29) is 17.9 Å². The van der Waals surface area contributed by atoms with Crippen molar-refractivity contribution in [3.05, 3.63) is 44.1 Å². The number of morpholine rings is 1. The number of thiazole rings is 1. The summed E-state index contributed by atoms with van der Waals surface area (Å²) in [5.41, 5.74) is 3.01. The van der Waals surface area contributed by atoms with Gasteiger partial charge in [0.1, 0.15) is 0 Å². The molecular weight excluding hydrogens is 416 g/mol. The first-order chi connectivity index (χ1) is 14.8. The molecule has 0 bridgehead atoms. The summed E-state index contributed by atoms with van der Waals surface area (Å²) in [5.74, 6) is 0.557. The van der Waals surface area contributed by atoms with Crippen LogP contribution in [0.3, 0.4) is 0 Å². The lowest BCUT2D eigenvalue weighted by atomic mass is 10.1. The predicted molar refractivity (Wildman–Crippen MR) is 120 cm³/mol. The predicted octanol–water partition coefficient (Wildman–Crippen LogP) is 1.83. The van der Waals surface area contributed by atoms with Crippen LogP contribution >= 0.6 is 11.3 Å². The molecular formula is C21H28N6O3S. The van der Waals surface area contributed by atoms with Gasteiger partial charge in [-0.1, -0.05) is 0 Å². The van der Waals surface area contributed by atoms with Gasteiger partial charge in [0, 0.05) is 48.9 Å². The lowest BCUT2D eigenvalue weighted by Crippen LogP contribution is -2.38. The molecule has 1 aliphatic rings. The summed E-state index contributed by atoms with van der Waals surface area (Å²) in [6, 6.07) is 0. The van der Waals surface area contributed by atoms with Crippen LogP contribution in [0.25, 0.3) is 4.96 Å². The fourth-order valence-electron chi connectivity index (χ4n) is 3.85. The molecule has 3 aromatic rings. The molecule has 166 valence electrons. The highest BCUT2D eigenvalue weighted by Gasteiger charge is 2.19. The fourth-order valence-corrected chi connectivity index (χ4v) is 4.74. The Morgan fingerprint density at radius 1 is 1.23 bits per heavy atom. The van der Waals surface area contributed by atoms with Gasteiger partial charge in [-0.05, 0) is 27.2 Å². The largest absolute Gasteiger partial charge is 0.378 e. The average Bonchev–Trinajstić information content (AvgIpc) is 3.23. The van der Waals surface area contributed by atoms with Crippen molar-refractivity contribution in [3.63, 3.8) is 0 Å². The summed E-state index contributed by atoms with van der Waals surface area (Å²) in [6.45, 7) is 8.98. The van der Waals surface area contributed by atoms with Gasteiger partial charge < -0.3 is 14.5 Å². The summed E-state index contributed by atoms with van der Waals surface area (Å²) in [6.07, 6.45) is 2.67. The third kappa shape index (κ3) is 4.49. The van der Waals surface area contributed by atoms with E-state index < -0.39 is 0 Å². The first kappa shape index (κ1) is 21.5. The van der Waals surface area contributed by atoms with Crippen molar-refractivity contribution in [2.24, 2.45) is 0 Å². The van der Waals surface area contributed by atoms with Crippen molar-refractivity contribution in [1.82, 2.24) is 24.3 Å². The summed E-state index contributed by atoms with van der Waals surface area (Å²) in [4.78, 5) is 43.3. The number of carbonyl (C=O) groups is 1. The zero-order valence-corrected chi connectivity index (χ0v) is 19.2. The van der Waals surface area contributed by atoms with E-state index in [1.165, 1.54) is 4.88 Å². The van der Waals surface area contributed by atoms with Gasteiger partial charge in [-0.15, -0.1) is 11.3 Å². The molecule has 10 heteroatoms. The Hall–Kier alpha value is -2.72. The number of imidazole rings is 1. The number of aromatic amines is 1. The second-order valence-electron chi connectivity index (χ2n) is 7.94. The van der Waals surface area contributed by atoms with Crippen molar-refractivity contribution in [2.45, 2.75) is 40.2 Å².